The van der Waals surface area contributed by atoms with Gasteiger partial charge >= 0.3 is 5.97 Å². The molecule has 0 saturated carbocycles. The lowest BCUT2D eigenvalue weighted by Gasteiger charge is -2.12. The first-order valence-corrected chi connectivity index (χ1v) is 6.60. The van der Waals surface area contributed by atoms with Gasteiger partial charge in [-0.05, 0) is 25.5 Å². The molecule has 0 aliphatic heterocycles. The van der Waals surface area contributed by atoms with E-state index >= 15 is 0 Å². The van der Waals surface area contributed by atoms with Crippen molar-refractivity contribution in [3.63, 3.8) is 0 Å². The summed E-state index contributed by atoms with van der Waals surface area (Å²) in [5.41, 5.74) is 0. The molecule has 0 aliphatic rings. The van der Waals surface area contributed by atoms with E-state index in [0.29, 0.717) is 12.2 Å². The van der Waals surface area contributed by atoms with Crippen molar-refractivity contribution < 1.29 is 14.7 Å². The van der Waals surface area contributed by atoms with Gasteiger partial charge in [-0.1, -0.05) is 0 Å². The summed E-state index contributed by atoms with van der Waals surface area (Å²) in [4.78, 5) is 26.8. The minimum absolute atomic E-state index is 0.0684. The van der Waals surface area contributed by atoms with E-state index in [-0.39, 0.29) is 18.4 Å². The van der Waals surface area contributed by atoms with E-state index in [9.17, 15) is 9.59 Å². The van der Waals surface area contributed by atoms with Crippen LogP contribution in [0.15, 0.2) is 29.4 Å². The Morgan fingerprint density at radius 1 is 1.44 bits per heavy atom. The largest absolute Gasteiger partial charge is 0.481 e. The number of hydrogen-bond acceptors (Lipinski definition) is 4. The van der Waals surface area contributed by atoms with E-state index < -0.39 is 5.97 Å². The Balaban J connectivity index is 2.23. The summed E-state index contributed by atoms with van der Waals surface area (Å²) in [5.74, 6) is -0.613. The van der Waals surface area contributed by atoms with Crippen molar-refractivity contribution in [1.82, 2.24) is 10.3 Å². The van der Waals surface area contributed by atoms with Crippen LogP contribution in [-0.4, -0.2) is 33.8 Å². The highest BCUT2D eigenvalue weighted by atomic mass is 32.2. The summed E-state index contributed by atoms with van der Waals surface area (Å²) >= 11 is 1.43. The topological polar surface area (TPSA) is 79.3 Å². The fourth-order valence-corrected chi connectivity index (χ4v) is 2.01. The average Bonchev–Trinajstić information content (AvgIpc) is 2.35. The molecule has 0 radical (unpaired) electrons. The molecular weight excluding hydrogens is 252 g/mol. The zero-order chi connectivity index (χ0) is 13.4. The number of carboxylic acids is 1. The summed E-state index contributed by atoms with van der Waals surface area (Å²) < 4.78 is 0. The third-order valence-electron chi connectivity index (χ3n) is 2.22. The fourth-order valence-electron chi connectivity index (χ4n) is 1.31. The molecule has 1 amide bonds. The zero-order valence-corrected chi connectivity index (χ0v) is 10.9. The van der Waals surface area contributed by atoms with Gasteiger partial charge in [0.05, 0.1) is 5.75 Å². The molecule has 98 valence electrons. The van der Waals surface area contributed by atoms with Crippen LogP contribution in [0.25, 0.3) is 0 Å². The van der Waals surface area contributed by atoms with E-state index in [1.807, 2.05) is 12.1 Å². The highest BCUT2D eigenvalue weighted by molar-refractivity contribution is 8.00. The standard InChI is InChI=1S/C12H16N2O3S/c1-9(2-3-12(16)17)14-11(15)8-18-10-4-6-13-7-5-10/h4-7,9H,2-3,8H2,1H3,(H,14,15)(H,16,17). The van der Waals surface area contributed by atoms with Crippen molar-refractivity contribution in [2.45, 2.75) is 30.7 Å². The van der Waals surface area contributed by atoms with Gasteiger partial charge in [-0.3, -0.25) is 14.6 Å². The molecule has 0 aliphatic carbocycles. The van der Waals surface area contributed by atoms with Crippen molar-refractivity contribution in [3.8, 4) is 0 Å². The molecule has 0 bridgehead atoms. The molecule has 5 nitrogen and oxygen atoms in total. The minimum atomic E-state index is -0.845. The summed E-state index contributed by atoms with van der Waals surface area (Å²) in [6.45, 7) is 1.80. The fraction of sp³-hybridized carbons (Fsp3) is 0.417. The van der Waals surface area contributed by atoms with Gasteiger partial charge < -0.3 is 10.4 Å². The summed E-state index contributed by atoms with van der Waals surface area (Å²) in [5, 5.41) is 11.3. The van der Waals surface area contributed by atoms with E-state index in [4.69, 9.17) is 5.11 Å². The molecule has 1 aromatic heterocycles. The average molecular weight is 268 g/mol. The van der Waals surface area contributed by atoms with Crippen LogP contribution in [0.2, 0.25) is 0 Å². The Labute approximate surface area is 110 Å². The number of carboxylic acid groups (broad SMARTS) is 1. The highest BCUT2D eigenvalue weighted by Crippen LogP contribution is 2.15. The predicted octanol–water partition coefficient (Wildman–Crippen LogP) is 1.54. The molecule has 0 saturated heterocycles. The number of aliphatic carboxylic acids is 1. The lowest BCUT2D eigenvalue weighted by atomic mass is 10.2. The summed E-state index contributed by atoms with van der Waals surface area (Å²) in [7, 11) is 0. The number of nitrogens with one attached hydrogen (secondary N) is 1. The van der Waals surface area contributed by atoms with Gasteiger partial charge in [0.25, 0.3) is 0 Å². The number of aromatic nitrogens is 1. The number of amides is 1. The quantitative estimate of drug-likeness (QED) is 0.733. The molecule has 1 atom stereocenters. The van der Waals surface area contributed by atoms with E-state index in [1.54, 1.807) is 19.3 Å². The third-order valence-corrected chi connectivity index (χ3v) is 3.23. The molecule has 6 heteroatoms. The van der Waals surface area contributed by atoms with Crippen LogP contribution in [-0.2, 0) is 9.59 Å². The number of carbonyl (C=O) groups is 2. The molecule has 0 aromatic carbocycles. The van der Waals surface area contributed by atoms with Crippen molar-refractivity contribution in [2.24, 2.45) is 0 Å². The first kappa shape index (κ1) is 14.5. The first-order valence-electron chi connectivity index (χ1n) is 5.62. The Morgan fingerprint density at radius 3 is 2.72 bits per heavy atom. The van der Waals surface area contributed by atoms with Crippen molar-refractivity contribution in [2.75, 3.05) is 5.75 Å². The molecule has 0 spiro atoms. The number of rotatable bonds is 7. The monoisotopic (exact) mass is 268 g/mol. The number of nitrogens with zero attached hydrogens (tertiary/aromatic N) is 1. The van der Waals surface area contributed by atoms with Gasteiger partial charge in [-0.25, -0.2) is 0 Å². The van der Waals surface area contributed by atoms with Crippen molar-refractivity contribution in [1.29, 1.82) is 0 Å². The number of hydrogen-bond donors (Lipinski definition) is 2. The molecule has 0 fully saturated rings. The predicted molar refractivity (Wildman–Crippen MR) is 69.4 cm³/mol. The van der Waals surface area contributed by atoms with E-state index in [2.05, 4.69) is 10.3 Å². The SMILES string of the molecule is CC(CCC(=O)O)NC(=O)CSc1ccncc1. The Bertz CT molecular complexity index is 398. The minimum Gasteiger partial charge on any atom is -0.481 e. The molecule has 1 heterocycles. The molecular formula is C12H16N2O3S. The lowest BCUT2D eigenvalue weighted by Crippen LogP contribution is -2.34. The second-order valence-electron chi connectivity index (χ2n) is 3.87. The summed E-state index contributed by atoms with van der Waals surface area (Å²) in [6.07, 6.45) is 3.87. The smallest absolute Gasteiger partial charge is 0.303 e. The number of thioether (sulfide) groups is 1. The summed E-state index contributed by atoms with van der Waals surface area (Å²) in [6, 6.07) is 3.56. The van der Waals surface area contributed by atoms with Crippen LogP contribution in [0, 0.1) is 0 Å². The molecule has 1 unspecified atom stereocenters. The van der Waals surface area contributed by atoms with Crippen LogP contribution in [0.3, 0.4) is 0 Å². The van der Waals surface area contributed by atoms with Crippen LogP contribution >= 0.6 is 11.8 Å². The normalized spacial score (nSPS) is 11.8. The van der Waals surface area contributed by atoms with Gasteiger partial charge in [0.1, 0.15) is 0 Å². The second-order valence-corrected chi connectivity index (χ2v) is 4.92. The third kappa shape index (κ3) is 6.24. The lowest BCUT2D eigenvalue weighted by molar-refractivity contribution is -0.137. The van der Waals surface area contributed by atoms with E-state index in [1.165, 1.54) is 11.8 Å². The van der Waals surface area contributed by atoms with Crippen molar-refractivity contribution in [3.05, 3.63) is 24.5 Å². The van der Waals surface area contributed by atoms with Gasteiger partial charge in [0, 0.05) is 29.8 Å². The molecule has 2 N–H and O–H groups in total. The van der Waals surface area contributed by atoms with E-state index in [0.717, 1.165) is 4.90 Å². The molecule has 1 aromatic rings. The maximum atomic E-state index is 11.6. The molecule has 1 rings (SSSR count). The first-order chi connectivity index (χ1) is 8.58. The van der Waals surface area contributed by atoms with Gasteiger partial charge in [0.15, 0.2) is 0 Å². The van der Waals surface area contributed by atoms with Crippen LogP contribution in [0.5, 0.6) is 0 Å². The Kier molecular flexibility index (Phi) is 6.21. The zero-order valence-electron chi connectivity index (χ0n) is 10.1. The highest BCUT2D eigenvalue weighted by Gasteiger charge is 2.09. The maximum absolute atomic E-state index is 11.6. The maximum Gasteiger partial charge on any atom is 0.303 e. The Hall–Kier alpha value is -1.56. The van der Waals surface area contributed by atoms with Gasteiger partial charge in [0.2, 0.25) is 5.91 Å². The number of carbonyl (C=O) groups excluding carboxylic acids is 1. The van der Waals surface area contributed by atoms with Crippen LogP contribution < -0.4 is 5.32 Å². The Morgan fingerprint density at radius 2 is 2.11 bits per heavy atom. The van der Waals surface area contributed by atoms with Crippen molar-refractivity contribution >= 4 is 23.6 Å². The van der Waals surface area contributed by atoms with Crippen LogP contribution in [0.1, 0.15) is 19.8 Å². The van der Waals surface area contributed by atoms with Gasteiger partial charge in [-0.15, -0.1) is 11.8 Å². The van der Waals surface area contributed by atoms with Gasteiger partial charge in [-0.2, -0.15) is 0 Å². The second kappa shape index (κ2) is 7.71. The van der Waals surface area contributed by atoms with Crippen LogP contribution in [0.4, 0.5) is 0 Å². The number of pyridine rings is 1. The molecule has 18 heavy (non-hydrogen) atoms.